The van der Waals surface area contributed by atoms with Crippen molar-refractivity contribution in [1.82, 2.24) is 10.6 Å². The molecule has 0 aromatic rings. The lowest BCUT2D eigenvalue weighted by atomic mass is 9.87. The van der Waals surface area contributed by atoms with Crippen LogP contribution in [-0.2, 0) is 14.3 Å². The van der Waals surface area contributed by atoms with Crippen LogP contribution in [0.5, 0.6) is 0 Å². The molecule has 7 heteroatoms. The summed E-state index contributed by atoms with van der Waals surface area (Å²) in [6, 6.07) is 0. The van der Waals surface area contributed by atoms with Crippen LogP contribution in [0.2, 0.25) is 0 Å². The smallest absolute Gasteiger partial charge is 0.240 e. The standard InChI is InChI=1S/C16H29N3O3.ClH/c17-16(6-10-22-11-7-16)15(21)19-9-8-18-14(20)12-13-4-2-1-3-5-13;/h13H,1-12,17H2,(H,18,20)(H,19,21);1H. The van der Waals surface area contributed by atoms with E-state index < -0.39 is 5.54 Å². The van der Waals surface area contributed by atoms with E-state index in [4.69, 9.17) is 10.5 Å². The number of hydrogen-bond donors (Lipinski definition) is 3. The first-order valence-electron chi connectivity index (χ1n) is 8.52. The van der Waals surface area contributed by atoms with Crippen LogP contribution in [0.25, 0.3) is 0 Å². The van der Waals surface area contributed by atoms with Crippen molar-refractivity contribution in [2.75, 3.05) is 26.3 Å². The molecule has 2 rings (SSSR count). The lowest BCUT2D eigenvalue weighted by Crippen LogP contribution is -2.57. The summed E-state index contributed by atoms with van der Waals surface area (Å²) >= 11 is 0. The maximum atomic E-state index is 12.1. The predicted molar refractivity (Wildman–Crippen MR) is 91.4 cm³/mol. The number of halogens is 1. The predicted octanol–water partition coefficient (Wildman–Crippen LogP) is 1.12. The monoisotopic (exact) mass is 347 g/mol. The van der Waals surface area contributed by atoms with E-state index in [1.807, 2.05) is 0 Å². The molecule has 1 aliphatic heterocycles. The first-order valence-corrected chi connectivity index (χ1v) is 8.52. The molecule has 0 atom stereocenters. The zero-order valence-corrected chi connectivity index (χ0v) is 14.6. The second-order valence-corrected chi connectivity index (χ2v) is 6.58. The van der Waals surface area contributed by atoms with Crippen molar-refractivity contribution in [1.29, 1.82) is 0 Å². The van der Waals surface area contributed by atoms with E-state index in [0.717, 1.165) is 0 Å². The van der Waals surface area contributed by atoms with Crippen LogP contribution in [0.1, 0.15) is 51.4 Å². The number of nitrogens with one attached hydrogen (secondary N) is 2. The molecule has 4 N–H and O–H groups in total. The largest absolute Gasteiger partial charge is 0.381 e. The Morgan fingerprint density at radius 1 is 1.04 bits per heavy atom. The summed E-state index contributed by atoms with van der Waals surface area (Å²) in [6.45, 7) is 1.95. The van der Waals surface area contributed by atoms with E-state index in [9.17, 15) is 9.59 Å². The van der Waals surface area contributed by atoms with E-state index in [0.29, 0.717) is 51.5 Å². The van der Waals surface area contributed by atoms with E-state index in [1.165, 1.54) is 32.1 Å². The van der Waals surface area contributed by atoms with Crippen molar-refractivity contribution in [3.63, 3.8) is 0 Å². The van der Waals surface area contributed by atoms with Crippen molar-refractivity contribution in [3.05, 3.63) is 0 Å². The van der Waals surface area contributed by atoms with Crippen LogP contribution in [0.3, 0.4) is 0 Å². The molecule has 1 aliphatic carbocycles. The highest BCUT2D eigenvalue weighted by Gasteiger charge is 2.35. The van der Waals surface area contributed by atoms with Gasteiger partial charge in [-0.15, -0.1) is 12.4 Å². The maximum absolute atomic E-state index is 12.1. The summed E-state index contributed by atoms with van der Waals surface area (Å²) in [7, 11) is 0. The van der Waals surface area contributed by atoms with Crippen LogP contribution >= 0.6 is 12.4 Å². The number of nitrogens with two attached hydrogens (primary N) is 1. The van der Waals surface area contributed by atoms with Gasteiger partial charge in [0, 0.05) is 32.7 Å². The number of rotatable bonds is 6. The Morgan fingerprint density at radius 3 is 2.30 bits per heavy atom. The van der Waals surface area contributed by atoms with Crippen molar-refractivity contribution in [2.24, 2.45) is 11.7 Å². The van der Waals surface area contributed by atoms with Gasteiger partial charge in [0.25, 0.3) is 0 Å². The molecule has 0 unspecified atom stereocenters. The third kappa shape index (κ3) is 6.65. The van der Waals surface area contributed by atoms with Crippen LogP contribution in [0, 0.1) is 5.92 Å². The lowest BCUT2D eigenvalue weighted by Gasteiger charge is -2.31. The molecule has 2 amide bonds. The summed E-state index contributed by atoms with van der Waals surface area (Å²) in [5, 5.41) is 5.70. The van der Waals surface area contributed by atoms with Gasteiger partial charge < -0.3 is 21.1 Å². The Bertz CT molecular complexity index is 381. The van der Waals surface area contributed by atoms with E-state index in [2.05, 4.69) is 10.6 Å². The van der Waals surface area contributed by atoms with Crippen molar-refractivity contribution < 1.29 is 14.3 Å². The Balaban J connectivity index is 0.00000264. The topological polar surface area (TPSA) is 93.5 Å². The van der Waals surface area contributed by atoms with Gasteiger partial charge in [0.15, 0.2) is 0 Å². The number of hydrogen-bond acceptors (Lipinski definition) is 4. The van der Waals surface area contributed by atoms with Crippen molar-refractivity contribution >= 4 is 24.2 Å². The molecule has 2 aliphatic rings. The lowest BCUT2D eigenvalue weighted by molar-refractivity contribution is -0.130. The molecule has 134 valence electrons. The Hall–Kier alpha value is -0.850. The van der Waals surface area contributed by atoms with Gasteiger partial charge in [-0.1, -0.05) is 19.3 Å². The van der Waals surface area contributed by atoms with Gasteiger partial charge in [-0.3, -0.25) is 9.59 Å². The first kappa shape index (κ1) is 20.2. The SMILES string of the molecule is Cl.NC1(C(=O)NCCNC(=O)CC2CCCCC2)CCOCC1. The fourth-order valence-corrected chi connectivity index (χ4v) is 3.24. The number of ether oxygens (including phenoxy) is 1. The van der Waals surface area contributed by atoms with Crippen LogP contribution in [0.4, 0.5) is 0 Å². The summed E-state index contributed by atoms with van der Waals surface area (Å²) in [5.74, 6) is 0.491. The summed E-state index contributed by atoms with van der Waals surface area (Å²) < 4.78 is 5.23. The normalized spacial score (nSPS) is 21.1. The second kappa shape index (κ2) is 10.1. The average Bonchev–Trinajstić information content (AvgIpc) is 2.53. The molecular formula is C16H30ClN3O3. The molecule has 1 saturated carbocycles. The third-order valence-electron chi connectivity index (χ3n) is 4.77. The fraction of sp³-hybridized carbons (Fsp3) is 0.875. The van der Waals surface area contributed by atoms with E-state index in [-0.39, 0.29) is 24.2 Å². The molecule has 0 aromatic carbocycles. The zero-order chi connectivity index (χ0) is 15.8. The van der Waals surface area contributed by atoms with Gasteiger partial charge in [0.2, 0.25) is 11.8 Å². The molecule has 1 heterocycles. The quantitative estimate of drug-likeness (QED) is 0.628. The van der Waals surface area contributed by atoms with Gasteiger partial charge in [0.1, 0.15) is 0 Å². The summed E-state index contributed by atoms with van der Waals surface area (Å²) in [4.78, 5) is 23.9. The summed E-state index contributed by atoms with van der Waals surface area (Å²) in [6.07, 6.45) is 7.85. The van der Waals surface area contributed by atoms with Crippen LogP contribution in [0.15, 0.2) is 0 Å². The number of amides is 2. The number of carbonyl (C=O) groups is 2. The third-order valence-corrected chi connectivity index (χ3v) is 4.77. The minimum Gasteiger partial charge on any atom is -0.381 e. The first-order chi connectivity index (χ1) is 10.6. The van der Waals surface area contributed by atoms with Crippen LogP contribution < -0.4 is 16.4 Å². The number of carbonyl (C=O) groups excluding carboxylic acids is 2. The highest BCUT2D eigenvalue weighted by atomic mass is 35.5. The van der Waals surface area contributed by atoms with Crippen LogP contribution in [-0.4, -0.2) is 43.7 Å². The minimum absolute atomic E-state index is 0. The molecule has 23 heavy (non-hydrogen) atoms. The molecule has 2 fully saturated rings. The molecule has 0 aromatic heterocycles. The summed E-state index contributed by atoms with van der Waals surface area (Å²) in [5.41, 5.74) is 5.27. The molecule has 0 bridgehead atoms. The molecular weight excluding hydrogens is 318 g/mol. The van der Waals surface area contributed by atoms with Crippen molar-refractivity contribution in [3.8, 4) is 0 Å². The Kier molecular flexibility index (Phi) is 8.87. The Morgan fingerprint density at radius 2 is 1.65 bits per heavy atom. The zero-order valence-electron chi connectivity index (χ0n) is 13.8. The van der Waals surface area contributed by atoms with E-state index >= 15 is 0 Å². The van der Waals surface area contributed by atoms with Gasteiger partial charge in [-0.2, -0.15) is 0 Å². The maximum Gasteiger partial charge on any atom is 0.240 e. The minimum atomic E-state index is -0.815. The van der Waals surface area contributed by atoms with E-state index in [1.54, 1.807) is 0 Å². The molecule has 6 nitrogen and oxygen atoms in total. The second-order valence-electron chi connectivity index (χ2n) is 6.58. The van der Waals surface area contributed by atoms with Gasteiger partial charge in [0.05, 0.1) is 5.54 Å². The highest BCUT2D eigenvalue weighted by Crippen LogP contribution is 2.25. The van der Waals surface area contributed by atoms with Crippen molar-refractivity contribution in [2.45, 2.75) is 56.9 Å². The fourth-order valence-electron chi connectivity index (χ4n) is 3.24. The average molecular weight is 348 g/mol. The molecule has 0 radical (unpaired) electrons. The molecule has 1 saturated heterocycles. The van der Waals surface area contributed by atoms with Gasteiger partial charge >= 0.3 is 0 Å². The van der Waals surface area contributed by atoms with Gasteiger partial charge in [-0.25, -0.2) is 0 Å². The highest BCUT2D eigenvalue weighted by molar-refractivity contribution is 5.86. The van der Waals surface area contributed by atoms with Gasteiger partial charge in [-0.05, 0) is 31.6 Å². The Labute approximate surface area is 144 Å². The molecule has 0 spiro atoms.